The number of alkyl halides is 1. The fraction of sp³-hybridized carbons (Fsp3) is 0.857. The number of esters is 1. The highest BCUT2D eigenvalue weighted by molar-refractivity contribution is 14.1. The molecule has 0 spiro atoms. The van der Waals surface area contributed by atoms with Crippen molar-refractivity contribution >= 4 is 28.6 Å². The summed E-state index contributed by atoms with van der Waals surface area (Å²) in [5.74, 6) is -0.0275. The highest BCUT2D eigenvalue weighted by atomic mass is 127. The molecule has 0 aromatic heterocycles. The third-order valence-corrected chi connectivity index (χ3v) is 2.73. The Morgan fingerprint density at radius 3 is 3.00 bits per heavy atom. The highest BCUT2D eigenvalue weighted by Gasteiger charge is 2.17. The van der Waals surface area contributed by atoms with Gasteiger partial charge in [-0.15, -0.1) is 0 Å². The van der Waals surface area contributed by atoms with E-state index >= 15 is 0 Å². The summed E-state index contributed by atoms with van der Waals surface area (Å²) in [6, 6.07) is 0. The van der Waals surface area contributed by atoms with Crippen LogP contribution in [0.1, 0.15) is 25.7 Å². The van der Waals surface area contributed by atoms with Crippen LogP contribution >= 0.6 is 22.6 Å². The van der Waals surface area contributed by atoms with E-state index in [4.69, 9.17) is 4.74 Å². The molecule has 0 bridgehead atoms. The van der Waals surface area contributed by atoms with Crippen molar-refractivity contribution in [3.63, 3.8) is 0 Å². The smallest absolute Gasteiger partial charge is 0.318 e. The van der Waals surface area contributed by atoms with Gasteiger partial charge < -0.3 is 4.74 Å². The summed E-state index contributed by atoms with van der Waals surface area (Å²) in [5.41, 5.74) is 0. The third kappa shape index (κ3) is 2.44. The fourth-order valence-corrected chi connectivity index (χ4v) is 1.60. The third-order valence-electron chi connectivity index (χ3n) is 1.60. The van der Waals surface area contributed by atoms with Gasteiger partial charge in [-0.2, -0.15) is 0 Å². The van der Waals surface area contributed by atoms with Crippen molar-refractivity contribution in [2.24, 2.45) is 0 Å². The van der Waals surface area contributed by atoms with Crippen LogP contribution in [-0.4, -0.2) is 16.5 Å². The van der Waals surface area contributed by atoms with Crippen molar-refractivity contribution in [2.45, 2.75) is 29.6 Å². The van der Waals surface area contributed by atoms with Crippen LogP contribution in [0.2, 0.25) is 0 Å². The predicted octanol–water partition coefficient (Wildman–Crippen LogP) is 1.91. The normalized spacial score (nSPS) is 28.5. The molecule has 1 aliphatic rings. The molecule has 0 N–H and O–H groups in total. The standard InChI is InChI=1S/C7H11IO2/c8-6-4-2-1-3-5-10-7(6)9/h6H,1-5H2. The van der Waals surface area contributed by atoms with E-state index in [1.807, 2.05) is 0 Å². The van der Waals surface area contributed by atoms with Gasteiger partial charge in [-0.05, 0) is 12.8 Å². The van der Waals surface area contributed by atoms with Gasteiger partial charge in [0, 0.05) is 0 Å². The molecular weight excluding hydrogens is 243 g/mol. The number of cyclic esters (lactones) is 1. The molecule has 0 aromatic carbocycles. The lowest BCUT2D eigenvalue weighted by Gasteiger charge is -2.13. The van der Waals surface area contributed by atoms with E-state index in [9.17, 15) is 4.79 Å². The summed E-state index contributed by atoms with van der Waals surface area (Å²) in [7, 11) is 0. The van der Waals surface area contributed by atoms with Crippen molar-refractivity contribution < 1.29 is 9.53 Å². The molecule has 1 fully saturated rings. The maximum atomic E-state index is 10.9. The number of carbonyl (C=O) groups is 1. The Bertz CT molecular complexity index is 125. The second-order valence-electron chi connectivity index (χ2n) is 2.48. The number of hydrogen-bond acceptors (Lipinski definition) is 2. The molecule has 1 heterocycles. The SMILES string of the molecule is O=C1OCCCCCC1I. The first-order valence-electron chi connectivity index (χ1n) is 3.61. The fourth-order valence-electron chi connectivity index (χ4n) is 0.983. The number of carbonyl (C=O) groups excluding carboxylic acids is 1. The average Bonchev–Trinajstić information content (AvgIpc) is 1.92. The topological polar surface area (TPSA) is 26.3 Å². The van der Waals surface area contributed by atoms with Crippen LogP contribution in [0.3, 0.4) is 0 Å². The first-order valence-corrected chi connectivity index (χ1v) is 4.86. The zero-order chi connectivity index (χ0) is 7.40. The van der Waals surface area contributed by atoms with E-state index in [0.717, 1.165) is 12.8 Å². The average molecular weight is 254 g/mol. The van der Waals surface area contributed by atoms with E-state index in [2.05, 4.69) is 22.6 Å². The minimum Gasteiger partial charge on any atom is -0.465 e. The van der Waals surface area contributed by atoms with Crippen LogP contribution in [0.15, 0.2) is 0 Å². The molecule has 1 atom stereocenters. The highest BCUT2D eigenvalue weighted by Crippen LogP contribution is 2.16. The Hall–Kier alpha value is 0.200. The van der Waals surface area contributed by atoms with Gasteiger partial charge in [-0.1, -0.05) is 35.4 Å². The van der Waals surface area contributed by atoms with Crippen LogP contribution in [-0.2, 0) is 9.53 Å². The van der Waals surface area contributed by atoms with Crippen LogP contribution in [0.5, 0.6) is 0 Å². The molecule has 2 nitrogen and oxygen atoms in total. The lowest BCUT2D eigenvalue weighted by molar-refractivity contribution is -0.143. The molecule has 0 saturated carbocycles. The van der Waals surface area contributed by atoms with Crippen molar-refractivity contribution in [2.75, 3.05) is 6.61 Å². The van der Waals surface area contributed by atoms with Crippen LogP contribution < -0.4 is 0 Å². The monoisotopic (exact) mass is 254 g/mol. The van der Waals surface area contributed by atoms with Crippen LogP contribution in [0.25, 0.3) is 0 Å². The molecule has 0 aliphatic carbocycles. The largest absolute Gasteiger partial charge is 0.465 e. The van der Waals surface area contributed by atoms with E-state index in [0.29, 0.717) is 6.61 Å². The van der Waals surface area contributed by atoms with Crippen LogP contribution in [0, 0.1) is 0 Å². The Balaban J connectivity index is 2.35. The Kier molecular flexibility index (Phi) is 3.45. The van der Waals surface area contributed by atoms with Crippen molar-refractivity contribution in [3.8, 4) is 0 Å². The summed E-state index contributed by atoms with van der Waals surface area (Å²) >= 11 is 2.15. The summed E-state index contributed by atoms with van der Waals surface area (Å²) in [4.78, 5) is 10.9. The van der Waals surface area contributed by atoms with Gasteiger partial charge in [0.25, 0.3) is 0 Å². The van der Waals surface area contributed by atoms with Crippen molar-refractivity contribution in [1.82, 2.24) is 0 Å². The zero-order valence-electron chi connectivity index (χ0n) is 5.81. The zero-order valence-corrected chi connectivity index (χ0v) is 7.96. The summed E-state index contributed by atoms with van der Waals surface area (Å²) < 4.78 is 5.04. The van der Waals surface area contributed by atoms with E-state index in [1.54, 1.807) is 0 Å². The minimum atomic E-state index is -0.0275. The maximum Gasteiger partial charge on any atom is 0.318 e. The quantitative estimate of drug-likeness (QED) is 0.375. The van der Waals surface area contributed by atoms with Crippen molar-refractivity contribution in [3.05, 3.63) is 0 Å². The first kappa shape index (κ1) is 8.30. The molecular formula is C7H11IO2. The lowest BCUT2D eigenvalue weighted by Crippen LogP contribution is -2.19. The minimum absolute atomic E-state index is 0.0275. The number of hydrogen-bond donors (Lipinski definition) is 0. The van der Waals surface area contributed by atoms with Gasteiger partial charge in [-0.25, -0.2) is 0 Å². The van der Waals surface area contributed by atoms with Gasteiger partial charge >= 0.3 is 5.97 Å². The van der Waals surface area contributed by atoms with Crippen LogP contribution in [0.4, 0.5) is 0 Å². The molecule has 1 aliphatic heterocycles. The van der Waals surface area contributed by atoms with E-state index in [-0.39, 0.29) is 9.89 Å². The Morgan fingerprint density at radius 1 is 1.40 bits per heavy atom. The summed E-state index contributed by atoms with van der Waals surface area (Å²) in [5, 5.41) is 0. The first-order chi connectivity index (χ1) is 4.80. The predicted molar refractivity (Wildman–Crippen MR) is 47.2 cm³/mol. The molecule has 0 amide bonds. The summed E-state index contributed by atoms with van der Waals surface area (Å²) in [6.07, 6.45) is 4.39. The Labute approximate surface area is 74.5 Å². The number of halogens is 1. The van der Waals surface area contributed by atoms with Crippen molar-refractivity contribution in [1.29, 1.82) is 0 Å². The molecule has 1 saturated heterocycles. The Morgan fingerprint density at radius 2 is 2.20 bits per heavy atom. The maximum absolute atomic E-state index is 10.9. The van der Waals surface area contributed by atoms with Gasteiger partial charge in [0.2, 0.25) is 0 Å². The molecule has 10 heavy (non-hydrogen) atoms. The van der Waals surface area contributed by atoms with Gasteiger partial charge in [0.1, 0.15) is 3.92 Å². The number of rotatable bonds is 0. The molecule has 3 heteroatoms. The van der Waals surface area contributed by atoms with Gasteiger partial charge in [0.15, 0.2) is 0 Å². The lowest BCUT2D eigenvalue weighted by atomic mass is 10.1. The summed E-state index contributed by atoms with van der Waals surface area (Å²) in [6.45, 7) is 0.623. The second kappa shape index (κ2) is 4.16. The molecule has 0 radical (unpaired) electrons. The van der Waals surface area contributed by atoms with Gasteiger partial charge in [0.05, 0.1) is 6.61 Å². The molecule has 1 unspecified atom stereocenters. The number of ether oxygens (including phenoxy) is 1. The molecule has 58 valence electrons. The second-order valence-corrected chi connectivity index (χ2v) is 3.99. The molecule has 0 aromatic rings. The molecule has 1 rings (SSSR count). The van der Waals surface area contributed by atoms with Gasteiger partial charge in [-0.3, -0.25) is 4.79 Å². The van der Waals surface area contributed by atoms with E-state index in [1.165, 1.54) is 12.8 Å². The van der Waals surface area contributed by atoms with E-state index < -0.39 is 0 Å².